The van der Waals surface area contributed by atoms with Crippen molar-refractivity contribution in [2.45, 2.75) is 27.7 Å². The van der Waals surface area contributed by atoms with E-state index < -0.39 is 0 Å². The molecule has 0 fully saturated rings. The van der Waals surface area contributed by atoms with E-state index in [-0.39, 0.29) is 11.8 Å². The van der Waals surface area contributed by atoms with Crippen molar-refractivity contribution in [2.24, 2.45) is 11.7 Å². The van der Waals surface area contributed by atoms with Crippen molar-refractivity contribution in [3.05, 3.63) is 28.8 Å². The van der Waals surface area contributed by atoms with Crippen molar-refractivity contribution in [1.82, 2.24) is 0 Å². The Morgan fingerprint density at radius 2 is 1.81 bits per heavy atom. The van der Waals surface area contributed by atoms with Crippen LogP contribution in [0.1, 0.15) is 23.6 Å². The Balaban J connectivity index is 2.78. The van der Waals surface area contributed by atoms with Crippen LogP contribution in [0.25, 0.3) is 0 Å². The smallest absolute Gasteiger partial charge is 0.125 e. The van der Waals surface area contributed by atoms with Gasteiger partial charge in [-0.2, -0.15) is 0 Å². The lowest BCUT2D eigenvalue weighted by atomic mass is 10.1. The molecule has 1 unspecified atom stereocenters. The van der Waals surface area contributed by atoms with E-state index in [2.05, 4.69) is 19.1 Å². The number of hydrogen-bond acceptors (Lipinski definition) is 2. The molecule has 0 aliphatic carbocycles. The molecule has 1 atom stereocenters. The van der Waals surface area contributed by atoms with Gasteiger partial charge in [-0.05, 0) is 31.9 Å². The maximum absolute atomic E-state index is 7.31. The highest BCUT2D eigenvalue weighted by Crippen LogP contribution is 2.24. The lowest BCUT2D eigenvalue weighted by molar-refractivity contribution is 0.288. The van der Waals surface area contributed by atoms with Crippen LogP contribution >= 0.6 is 0 Å². The number of amidine groups is 1. The van der Waals surface area contributed by atoms with Gasteiger partial charge in [0.25, 0.3) is 0 Å². The van der Waals surface area contributed by atoms with E-state index >= 15 is 0 Å². The van der Waals surface area contributed by atoms with Gasteiger partial charge >= 0.3 is 0 Å². The third-order valence-electron chi connectivity index (χ3n) is 2.61. The van der Waals surface area contributed by atoms with Crippen molar-refractivity contribution in [2.75, 3.05) is 6.61 Å². The molecular weight excluding hydrogens is 200 g/mol. The van der Waals surface area contributed by atoms with Gasteiger partial charge < -0.3 is 10.5 Å². The molecule has 0 aliphatic rings. The summed E-state index contributed by atoms with van der Waals surface area (Å²) in [6.07, 6.45) is 0. The number of ether oxygens (including phenoxy) is 1. The quantitative estimate of drug-likeness (QED) is 0.605. The molecule has 1 aromatic carbocycles. The van der Waals surface area contributed by atoms with Gasteiger partial charge in [0.05, 0.1) is 12.4 Å². The van der Waals surface area contributed by atoms with Gasteiger partial charge in [-0.1, -0.05) is 24.6 Å². The van der Waals surface area contributed by atoms with E-state index in [9.17, 15) is 0 Å². The fourth-order valence-electron chi connectivity index (χ4n) is 1.69. The summed E-state index contributed by atoms with van der Waals surface area (Å²) >= 11 is 0. The molecule has 1 aromatic rings. The summed E-state index contributed by atoms with van der Waals surface area (Å²) < 4.78 is 5.72. The van der Waals surface area contributed by atoms with Gasteiger partial charge in [-0.15, -0.1) is 0 Å². The molecule has 0 amide bonds. The molecule has 16 heavy (non-hydrogen) atoms. The minimum Gasteiger partial charge on any atom is -0.492 e. The minimum absolute atomic E-state index is 0.0416. The Morgan fingerprint density at radius 3 is 2.25 bits per heavy atom. The first-order valence-electron chi connectivity index (χ1n) is 5.46. The molecule has 0 heterocycles. The second-order valence-electron chi connectivity index (χ2n) is 4.40. The summed E-state index contributed by atoms with van der Waals surface area (Å²) in [4.78, 5) is 0. The highest BCUT2D eigenvalue weighted by molar-refractivity contribution is 5.79. The first kappa shape index (κ1) is 12.6. The van der Waals surface area contributed by atoms with Crippen LogP contribution in [0.4, 0.5) is 0 Å². The second kappa shape index (κ2) is 5.01. The van der Waals surface area contributed by atoms with Crippen LogP contribution in [0.3, 0.4) is 0 Å². The van der Waals surface area contributed by atoms with E-state index in [1.165, 1.54) is 5.56 Å². The summed E-state index contributed by atoms with van der Waals surface area (Å²) in [5.41, 5.74) is 8.91. The van der Waals surface area contributed by atoms with E-state index in [0.717, 1.165) is 16.9 Å². The lowest BCUT2D eigenvalue weighted by Gasteiger charge is -2.16. The van der Waals surface area contributed by atoms with Gasteiger partial charge in [0.15, 0.2) is 0 Å². The third-order valence-corrected chi connectivity index (χ3v) is 2.61. The summed E-state index contributed by atoms with van der Waals surface area (Å²) in [5, 5.41) is 7.31. The molecule has 1 rings (SSSR count). The molecule has 0 saturated heterocycles. The maximum Gasteiger partial charge on any atom is 0.125 e. The Labute approximate surface area is 97.1 Å². The van der Waals surface area contributed by atoms with Crippen molar-refractivity contribution in [3.63, 3.8) is 0 Å². The Bertz CT molecular complexity index is 376. The predicted molar refractivity (Wildman–Crippen MR) is 67.2 cm³/mol. The van der Waals surface area contributed by atoms with Crippen molar-refractivity contribution < 1.29 is 4.74 Å². The average Bonchev–Trinajstić information content (AvgIpc) is 2.15. The largest absolute Gasteiger partial charge is 0.492 e. The van der Waals surface area contributed by atoms with E-state index in [4.69, 9.17) is 15.9 Å². The summed E-state index contributed by atoms with van der Waals surface area (Å²) in [6, 6.07) is 4.20. The number of aryl methyl sites for hydroxylation is 3. The molecular formula is C13H20N2O. The van der Waals surface area contributed by atoms with Gasteiger partial charge in [-0.3, -0.25) is 5.41 Å². The molecule has 0 saturated carbocycles. The predicted octanol–water partition coefficient (Wildman–Crippen LogP) is 2.56. The van der Waals surface area contributed by atoms with Crippen LogP contribution in [0, 0.1) is 32.1 Å². The number of nitrogens with one attached hydrogen (secondary N) is 1. The first-order valence-corrected chi connectivity index (χ1v) is 5.46. The zero-order valence-electron chi connectivity index (χ0n) is 10.4. The maximum atomic E-state index is 7.31. The lowest BCUT2D eigenvalue weighted by Crippen LogP contribution is -2.25. The average molecular weight is 220 g/mol. The highest BCUT2D eigenvalue weighted by atomic mass is 16.5. The molecule has 0 aromatic heterocycles. The molecule has 88 valence electrons. The zero-order valence-corrected chi connectivity index (χ0v) is 10.4. The monoisotopic (exact) mass is 220 g/mol. The zero-order chi connectivity index (χ0) is 12.3. The normalized spacial score (nSPS) is 12.2. The van der Waals surface area contributed by atoms with Crippen LogP contribution in [0.15, 0.2) is 12.1 Å². The molecule has 3 heteroatoms. The fourth-order valence-corrected chi connectivity index (χ4v) is 1.69. The SMILES string of the molecule is Cc1cc(C)c(OCC(C)C(=N)N)c(C)c1. The van der Waals surface area contributed by atoms with Gasteiger partial charge in [0.2, 0.25) is 0 Å². The molecule has 0 spiro atoms. The summed E-state index contributed by atoms with van der Waals surface area (Å²) in [6.45, 7) is 8.49. The Kier molecular flexibility index (Phi) is 3.93. The molecule has 3 N–H and O–H groups in total. The number of nitrogens with two attached hydrogens (primary N) is 1. The number of benzene rings is 1. The summed E-state index contributed by atoms with van der Waals surface area (Å²) in [7, 11) is 0. The van der Waals surface area contributed by atoms with Crippen molar-refractivity contribution in [3.8, 4) is 5.75 Å². The summed E-state index contributed by atoms with van der Waals surface area (Å²) in [5.74, 6) is 1.04. The molecule has 3 nitrogen and oxygen atoms in total. The molecule has 0 bridgehead atoms. The van der Waals surface area contributed by atoms with Crippen LogP contribution in [0.2, 0.25) is 0 Å². The molecule has 0 radical (unpaired) electrons. The van der Waals surface area contributed by atoms with Crippen molar-refractivity contribution >= 4 is 5.84 Å². The minimum atomic E-state index is -0.0416. The van der Waals surface area contributed by atoms with Gasteiger partial charge in [0.1, 0.15) is 5.75 Å². The van der Waals surface area contributed by atoms with E-state index in [0.29, 0.717) is 6.61 Å². The van der Waals surface area contributed by atoms with Gasteiger partial charge in [-0.25, -0.2) is 0 Å². The first-order chi connectivity index (χ1) is 7.41. The van der Waals surface area contributed by atoms with E-state index in [1.54, 1.807) is 0 Å². The van der Waals surface area contributed by atoms with Crippen LogP contribution in [-0.4, -0.2) is 12.4 Å². The van der Waals surface area contributed by atoms with E-state index in [1.807, 2.05) is 20.8 Å². The van der Waals surface area contributed by atoms with Crippen LogP contribution in [0.5, 0.6) is 5.75 Å². The highest BCUT2D eigenvalue weighted by Gasteiger charge is 2.09. The number of hydrogen-bond donors (Lipinski definition) is 2. The number of rotatable bonds is 4. The molecule has 0 aliphatic heterocycles. The van der Waals surface area contributed by atoms with Crippen molar-refractivity contribution in [1.29, 1.82) is 5.41 Å². The topological polar surface area (TPSA) is 59.1 Å². The van der Waals surface area contributed by atoms with Crippen LogP contribution < -0.4 is 10.5 Å². The van der Waals surface area contributed by atoms with Gasteiger partial charge in [0, 0.05) is 5.92 Å². The Morgan fingerprint density at radius 1 is 1.31 bits per heavy atom. The second-order valence-corrected chi connectivity index (χ2v) is 4.40. The standard InChI is InChI=1S/C13H20N2O/c1-8-5-9(2)12(10(3)6-8)16-7-11(4)13(14)15/h5-6,11H,7H2,1-4H3,(H3,14,15). The third kappa shape index (κ3) is 2.99. The fraction of sp³-hybridized carbons (Fsp3) is 0.462. The van der Waals surface area contributed by atoms with Crippen LogP contribution in [-0.2, 0) is 0 Å². The Hall–Kier alpha value is -1.51.